The summed E-state index contributed by atoms with van der Waals surface area (Å²) in [6.45, 7) is 8.34. The fourth-order valence-electron chi connectivity index (χ4n) is 3.80. The predicted octanol–water partition coefficient (Wildman–Crippen LogP) is 3.02. The maximum atomic E-state index is 9.29. The number of ether oxygens (including phenoxy) is 1. The summed E-state index contributed by atoms with van der Waals surface area (Å²) in [7, 11) is 0. The highest BCUT2D eigenvalue weighted by atomic mass is 35.5. The number of anilines is 2. The van der Waals surface area contributed by atoms with Gasteiger partial charge in [-0.1, -0.05) is 11.6 Å². The molecule has 9 heteroatoms. The smallest absolute Gasteiger partial charge is 0.237 e. The van der Waals surface area contributed by atoms with Crippen molar-refractivity contribution in [1.82, 2.24) is 25.1 Å². The van der Waals surface area contributed by atoms with E-state index in [0.29, 0.717) is 34.8 Å². The van der Waals surface area contributed by atoms with Crippen molar-refractivity contribution in [1.29, 1.82) is 5.26 Å². The quantitative estimate of drug-likeness (QED) is 0.767. The molecule has 2 N–H and O–H groups in total. The summed E-state index contributed by atoms with van der Waals surface area (Å²) in [5.74, 6) is 1.32. The molecular weight excluding hydrogens is 378 g/mol. The molecule has 1 saturated carbocycles. The van der Waals surface area contributed by atoms with Crippen LogP contribution in [0.3, 0.4) is 0 Å². The number of aryl methyl sites for hydroxylation is 1. The van der Waals surface area contributed by atoms with Crippen molar-refractivity contribution < 1.29 is 4.74 Å². The van der Waals surface area contributed by atoms with Gasteiger partial charge in [0.2, 0.25) is 11.8 Å². The average molecular weight is 402 g/mol. The lowest BCUT2D eigenvalue weighted by molar-refractivity contribution is -0.0205. The van der Waals surface area contributed by atoms with Gasteiger partial charge < -0.3 is 15.4 Å². The van der Waals surface area contributed by atoms with Crippen LogP contribution in [0.4, 0.5) is 11.6 Å². The van der Waals surface area contributed by atoms with Gasteiger partial charge in [0, 0.05) is 13.1 Å². The molecule has 0 unspecified atom stereocenters. The van der Waals surface area contributed by atoms with Crippen LogP contribution in [0.15, 0.2) is 12.4 Å². The van der Waals surface area contributed by atoms with Crippen LogP contribution in [0.1, 0.15) is 32.4 Å². The van der Waals surface area contributed by atoms with E-state index in [-0.39, 0.29) is 0 Å². The van der Waals surface area contributed by atoms with Gasteiger partial charge >= 0.3 is 0 Å². The lowest BCUT2D eigenvalue weighted by Gasteiger charge is -2.54. The second kappa shape index (κ2) is 6.90. The van der Waals surface area contributed by atoms with E-state index >= 15 is 0 Å². The monoisotopic (exact) mass is 401 g/mol. The maximum Gasteiger partial charge on any atom is 0.237 e. The minimum atomic E-state index is -0.740. The predicted molar refractivity (Wildman–Crippen MR) is 106 cm³/mol. The van der Waals surface area contributed by atoms with Crippen molar-refractivity contribution in [3.8, 4) is 11.9 Å². The number of aromatic nitrogens is 4. The van der Waals surface area contributed by atoms with Crippen LogP contribution >= 0.6 is 11.6 Å². The molecule has 1 aliphatic carbocycles. The lowest BCUT2D eigenvalue weighted by Crippen LogP contribution is -2.60. The molecule has 3 heterocycles. The Kier molecular flexibility index (Phi) is 4.68. The van der Waals surface area contributed by atoms with Gasteiger partial charge in [-0.3, -0.25) is 4.68 Å². The average Bonchev–Trinajstić information content (AvgIpc) is 2.96. The minimum absolute atomic E-state index is 0.380. The number of hydrogen-bond donors (Lipinski definition) is 2. The minimum Gasteiger partial charge on any atom is -0.476 e. The van der Waals surface area contributed by atoms with Crippen molar-refractivity contribution in [3.63, 3.8) is 0 Å². The summed E-state index contributed by atoms with van der Waals surface area (Å²) < 4.78 is 7.51. The first-order valence-corrected chi connectivity index (χ1v) is 9.79. The Hall–Kier alpha value is -2.37. The number of hydrogen-bond acceptors (Lipinski definition) is 7. The number of halogens is 1. The highest BCUT2D eigenvalue weighted by Crippen LogP contribution is 2.48. The Morgan fingerprint density at radius 3 is 2.86 bits per heavy atom. The van der Waals surface area contributed by atoms with Crippen LogP contribution in [-0.2, 0) is 5.54 Å². The molecule has 0 aromatic carbocycles. The Bertz CT molecular complexity index is 921. The van der Waals surface area contributed by atoms with Crippen LogP contribution in [0.5, 0.6) is 5.88 Å². The molecule has 0 bridgehead atoms. The molecule has 0 radical (unpaired) electrons. The van der Waals surface area contributed by atoms with E-state index in [9.17, 15) is 5.26 Å². The molecule has 2 fully saturated rings. The molecule has 1 spiro atoms. The van der Waals surface area contributed by atoms with E-state index in [1.165, 1.54) is 19.0 Å². The van der Waals surface area contributed by atoms with E-state index < -0.39 is 5.54 Å². The van der Waals surface area contributed by atoms with E-state index in [0.717, 1.165) is 24.5 Å². The zero-order chi connectivity index (χ0) is 19.9. The van der Waals surface area contributed by atoms with E-state index in [2.05, 4.69) is 31.8 Å². The number of rotatable bonds is 6. The topological polar surface area (TPSA) is 101 Å². The lowest BCUT2D eigenvalue weighted by atomic mass is 9.59. The first-order chi connectivity index (χ1) is 13.3. The zero-order valence-electron chi connectivity index (χ0n) is 16.3. The molecule has 28 heavy (non-hydrogen) atoms. The second-order valence-corrected chi connectivity index (χ2v) is 8.81. The second-order valence-electron chi connectivity index (χ2n) is 8.40. The van der Waals surface area contributed by atoms with Gasteiger partial charge in [-0.2, -0.15) is 15.3 Å². The van der Waals surface area contributed by atoms with Crippen LogP contribution < -0.4 is 15.4 Å². The van der Waals surface area contributed by atoms with Crippen molar-refractivity contribution >= 4 is 23.2 Å². The van der Waals surface area contributed by atoms with Crippen LogP contribution in [0.25, 0.3) is 0 Å². The third-order valence-electron chi connectivity index (χ3n) is 5.60. The summed E-state index contributed by atoms with van der Waals surface area (Å²) in [6.07, 6.45) is 5.70. The van der Waals surface area contributed by atoms with Crippen molar-refractivity contribution in [2.24, 2.45) is 11.3 Å². The molecule has 1 saturated heterocycles. The SMILES string of the molecule is Cc1nn(C(C)(C)C#N)cc1Nc1ncc(Cl)c(OCC2CC3(CNC3)C2)n1. The number of nitrogens with one attached hydrogen (secondary N) is 2. The first-order valence-electron chi connectivity index (χ1n) is 9.41. The van der Waals surface area contributed by atoms with Gasteiger partial charge in [-0.15, -0.1) is 0 Å². The van der Waals surface area contributed by atoms with Crippen molar-refractivity contribution in [2.75, 3.05) is 25.0 Å². The third kappa shape index (κ3) is 3.52. The zero-order valence-corrected chi connectivity index (χ0v) is 17.0. The highest BCUT2D eigenvalue weighted by Gasteiger charge is 2.48. The van der Waals surface area contributed by atoms with Crippen molar-refractivity contribution in [2.45, 2.75) is 39.2 Å². The van der Waals surface area contributed by atoms with E-state index in [1.807, 2.05) is 6.92 Å². The molecule has 148 valence electrons. The Balaban J connectivity index is 1.42. The fourth-order valence-corrected chi connectivity index (χ4v) is 3.95. The molecule has 4 rings (SSSR count). The van der Waals surface area contributed by atoms with Gasteiger partial charge in [0.25, 0.3) is 0 Å². The van der Waals surface area contributed by atoms with Crippen LogP contribution in [-0.4, -0.2) is 39.4 Å². The van der Waals surface area contributed by atoms with Gasteiger partial charge in [-0.05, 0) is 44.9 Å². The number of nitrogens with zero attached hydrogens (tertiary/aromatic N) is 5. The van der Waals surface area contributed by atoms with E-state index in [1.54, 1.807) is 24.7 Å². The molecule has 0 atom stereocenters. The molecule has 2 aromatic rings. The summed E-state index contributed by atoms with van der Waals surface area (Å²) >= 11 is 6.21. The molecule has 8 nitrogen and oxygen atoms in total. The van der Waals surface area contributed by atoms with Gasteiger partial charge in [-0.25, -0.2) is 4.98 Å². The number of nitriles is 1. The summed E-state index contributed by atoms with van der Waals surface area (Å²) in [5, 5.41) is 20.6. The van der Waals surface area contributed by atoms with Crippen LogP contribution in [0.2, 0.25) is 5.02 Å². The van der Waals surface area contributed by atoms with Gasteiger partial charge in [0.1, 0.15) is 10.6 Å². The highest BCUT2D eigenvalue weighted by molar-refractivity contribution is 6.31. The Labute approximate surface area is 169 Å². The normalized spacial score (nSPS) is 18.2. The Morgan fingerprint density at radius 2 is 2.21 bits per heavy atom. The fraction of sp³-hybridized carbons (Fsp3) is 0.579. The van der Waals surface area contributed by atoms with E-state index in [4.69, 9.17) is 16.3 Å². The summed E-state index contributed by atoms with van der Waals surface area (Å²) in [5.41, 5.74) is 1.26. The van der Waals surface area contributed by atoms with Gasteiger partial charge in [0.15, 0.2) is 0 Å². The Morgan fingerprint density at radius 1 is 1.46 bits per heavy atom. The van der Waals surface area contributed by atoms with Gasteiger partial charge in [0.05, 0.1) is 36.5 Å². The summed E-state index contributed by atoms with van der Waals surface area (Å²) in [4.78, 5) is 8.64. The molecule has 1 aliphatic heterocycles. The molecular formula is C19H24ClN7O. The summed E-state index contributed by atoms with van der Waals surface area (Å²) in [6, 6.07) is 2.23. The molecule has 0 amide bonds. The molecule has 2 aromatic heterocycles. The standard InChI is InChI=1S/C19H24ClN7O/c1-12-15(7-27(26-12)18(2,3)9-21)24-17-23-6-14(20)16(25-17)28-8-13-4-19(5-13)10-22-11-19/h6-7,13,22H,4-5,8,10-11H2,1-3H3,(H,23,24,25). The van der Waals surface area contributed by atoms with Crippen molar-refractivity contribution in [3.05, 3.63) is 23.1 Å². The maximum absolute atomic E-state index is 9.29. The molecule has 2 aliphatic rings. The third-order valence-corrected chi connectivity index (χ3v) is 5.86. The van der Waals surface area contributed by atoms with Crippen LogP contribution in [0, 0.1) is 29.6 Å². The first kappa shape index (κ1) is 19.0. The largest absolute Gasteiger partial charge is 0.476 e.